The second-order valence-corrected chi connectivity index (χ2v) is 8.88. The molecule has 2 nitrogen and oxygen atoms in total. The molecular weight excluding hydrogens is 346 g/mol. The number of fused-ring (bicyclic) bond motifs is 3. The fourth-order valence-corrected chi connectivity index (χ4v) is 4.65. The first-order valence-corrected chi connectivity index (χ1v) is 10.3. The number of benzene rings is 1. The highest BCUT2D eigenvalue weighted by atomic mass is 19.3. The molecule has 2 atom stereocenters. The highest BCUT2D eigenvalue weighted by Crippen LogP contribution is 2.56. The lowest BCUT2D eigenvalue weighted by Gasteiger charge is -2.42. The van der Waals surface area contributed by atoms with E-state index >= 15 is 0 Å². The molecule has 4 heteroatoms. The van der Waals surface area contributed by atoms with Crippen molar-refractivity contribution < 1.29 is 18.6 Å². The average molecular weight is 379 g/mol. The van der Waals surface area contributed by atoms with Gasteiger partial charge in [-0.05, 0) is 49.3 Å². The third-order valence-electron chi connectivity index (χ3n) is 6.38. The first-order valence-electron chi connectivity index (χ1n) is 10.3. The lowest BCUT2D eigenvalue weighted by atomic mass is 9.71. The molecular formula is C23H32F2O2. The van der Waals surface area contributed by atoms with E-state index in [1.807, 2.05) is 13.0 Å². The minimum Gasteiger partial charge on any atom is -0.507 e. The molecule has 2 aliphatic rings. The smallest absolute Gasteiger partial charge is 0.401 e. The van der Waals surface area contributed by atoms with Crippen LogP contribution in [0.15, 0.2) is 23.8 Å². The molecule has 0 fully saturated rings. The van der Waals surface area contributed by atoms with Crippen LogP contribution in [-0.2, 0) is 5.41 Å². The maximum atomic E-state index is 14.7. The van der Waals surface area contributed by atoms with Gasteiger partial charge in [0.1, 0.15) is 11.5 Å². The highest BCUT2D eigenvalue weighted by molar-refractivity contribution is 5.55. The molecule has 0 saturated carbocycles. The van der Waals surface area contributed by atoms with Gasteiger partial charge in [-0.3, -0.25) is 0 Å². The Morgan fingerprint density at radius 1 is 1.22 bits per heavy atom. The number of ether oxygens (including phenoxy) is 1. The molecule has 0 saturated heterocycles. The Kier molecular flexibility index (Phi) is 5.56. The zero-order chi connectivity index (χ0) is 19.8. The van der Waals surface area contributed by atoms with E-state index in [2.05, 4.69) is 20.8 Å². The zero-order valence-corrected chi connectivity index (χ0v) is 16.9. The minimum absolute atomic E-state index is 0.0873. The molecule has 1 aliphatic carbocycles. The number of phenolic OH excluding ortho intramolecular Hbond substituents is 1. The molecule has 0 spiro atoms. The number of alkyl halides is 2. The number of halogens is 2. The summed E-state index contributed by atoms with van der Waals surface area (Å²) in [6.45, 7) is 8.28. The predicted molar refractivity (Wildman–Crippen MR) is 105 cm³/mol. The van der Waals surface area contributed by atoms with Gasteiger partial charge >= 0.3 is 6.11 Å². The summed E-state index contributed by atoms with van der Waals surface area (Å²) in [5.41, 5.74) is 2.09. The molecule has 1 aromatic rings. The van der Waals surface area contributed by atoms with Gasteiger partial charge in [-0.15, -0.1) is 0 Å². The Bertz CT molecular complexity index is 721. The molecule has 0 radical (unpaired) electrons. The summed E-state index contributed by atoms with van der Waals surface area (Å²) in [4.78, 5) is 0. The summed E-state index contributed by atoms with van der Waals surface area (Å²) in [7, 11) is 0. The first-order chi connectivity index (χ1) is 12.7. The van der Waals surface area contributed by atoms with Crippen LogP contribution in [0.3, 0.4) is 0 Å². The van der Waals surface area contributed by atoms with Crippen molar-refractivity contribution in [2.75, 3.05) is 0 Å². The van der Waals surface area contributed by atoms with Crippen LogP contribution < -0.4 is 4.74 Å². The summed E-state index contributed by atoms with van der Waals surface area (Å²) in [6, 6.07) is 3.51. The van der Waals surface area contributed by atoms with E-state index in [-0.39, 0.29) is 16.9 Å². The lowest BCUT2D eigenvalue weighted by Crippen LogP contribution is -2.43. The van der Waals surface area contributed by atoms with Crippen molar-refractivity contribution in [3.05, 3.63) is 34.9 Å². The Morgan fingerprint density at radius 2 is 1.96 bits per heavy atom. The maximum absolute atomic E-state index is 14.7. The van der Waals surface area contributed by atoms with E-state index < -0.39 is 17.9 Å². The molecule has 1 aliphatic heterocycles. The third kappa shape index (κ3) is 3.86. The number of aromatic hydroxyl groups is 1. The fraction of sp³-hybridized carbons (Fsp3) is 0.652. The standard InChI is InChI=1S/C23H32F2O2/c1-5-6-7-8-12-22(3,4)16-13-18(26)21-19(14-16)27-23(24,25)17-11-9-10-15(2)20(17)21/h10,13-14,17,20,26H,5-9,11-12H2,1-4H3. The van der Waals surface area contributed by atoms with Crippen LogP contribution in [0, 0.1) is 5.92 Å². The van der Waals surface area contributed by atoms with Crippen molar-refractivity contribution in [3.8, 4) is 11.5 Å². The van der Waals surface area contributed by atoms with Crippen molar-refractivity contribution in [2.24, 2.45) is 5.92 Å². The van der Waals surface area contributed by atoms with Crippen LogP contribution in [0.1, 0.15) is 89.7 Å². The number of unbranched alkanes of at least 4 members (excludes halogenated alkanes) is 3. The number of hydrogen-bond acceptors (Lipinski definition) is 2. The summed E-state index contributed by atoms with van der Waals surface area (Å²) in [5.74, 6) is -1.15. The van der Waals surface area contributed by atoms with Crippen molar-refractivity contribution in [3.63, 3.8) is 0 Å². The molecule has 0 bridgehead atoms. The predicted octanol–water partition coefficient (Wildman–Crippen LogP) is 7.07. The number of allylic oxidation sites excluding steroid dienone is 2. The minimum atomic E-state index is -3.20. The first kappa shape index (κ1) is 20.2. The Hall–Kier alpha value is -1.58. The van der Waals surface area contributed by atoms with Crippen LogP contribution in [0.25, 0.3) is 0 Å². The molecule has 2 unspecified atom stereocenters. The van der Waals surface area contributed by atoms with Crippen molar-refractivity contribution in [2.45, 2.75) is 90.1 Å². The van der Waals surface area contributed by atoms with Gasteiger partial charge in [0.05, 0.1) is 5.92 Å². The summed E-state index contributed by atoms with van der Waals surface area (Å²) < 4.78 is 34.6. The lowest BCUT2D eigenvalue weighted by molar-refractivity contribution is -0.230. The van der Waals surface area contributed by atoms with Gasteiger partial charge in [-0.1, -0.05) is 58.1 Å². The zero-order valence-electron chi connectivity index (χ0n) is 16.9. The van der Waals surface area contributed by atoms with Gasteiger partial charge in [0.15, 0.2) is 0 Å². The van der Waals surface area contributed by atoms with E-state index in [1.54, 1.807) is 12.1 Å². The highest BCUT2D eigenvalue weighted by Gasteiger charge is 2.53. The van der Waals surface area contributed by atoms with Gasteiger partial charge in [-0.25, -0.2) is 0 Å². The SMILES string of the molecule is CCCCCCC(C)(C)c1cc(O)c2c(c1)OC(F)(F)C1CCC=C(C)C21. The topological polar surface area (TPSA) is 29.5 Å². The van der Waals surface area contributed by atoms with E-state index in [0.717, 1.165) is 24.0 Å². The molecule has 1 N–H and O–H groups in total. The summed E-state index contributed by atoms with van der Waals surface area (Å²) >= 11 is 0. The van der Waals surface area contributed by atoms with Crippen molar-refractivity contribution >= 4 is 0 Å². The second-order valence-electron chi connectivity index (χ2n) is 8.88. The third-order valence-corrected chi connectivity index (χ3v) is 6.38. The monoisotopic (exact) mass is 378 g/mol. The second kappa shape index (κ2) is 7.44. The van der Waals surface area contributed by atoms with E-state index in [1.165, 1.54) is 19.3 Å². The Labute approximate surface area is 161 Å². The average Bonchev–Trinajstić information content (AvgIpc) is 2.58. The number of rotatable bonds is 6. The van der Waals surface area contributed by atoms with Crippen molar-refractivity contribution in [1.82, 2.24) is 0 Å². The molecule has 0 amide bonds. The largest absolute Gasteiger partial charge is 0.507 e. The van der Waals surface area contributed by atoms with Gasteiger partial charge < -0.3 is 9.84 Å². The molecule has 1 heterocycles. The van der Waals surface area contributed by atoms with E-state index in [0.29, 0.717) is 18.4 Å². The van der Waals surface area contributed by atoms with E-state index in [4.69, 9.17) is 4.74 Å². The quantitative estimate of drug-likeness (QED) is 0.424. The van der Waals surface area contributed by atoms with Gasteiger partial charge in [-0.2, -0.15) is 8.78 Å². The van der Waals surface area contributed by atoms with E-state index in [9.17, 15) is 13.9 Å². The van der Waals surface area contributed by atoms with Crippen LogP contribution in [0.4, 0.5) is 8.78 Å². The van der Waals surface area contributed by atoms with Gasteiger partial charge in [0.25, 0.3) is 0 Å². The Morgan fingerprint density at radius 3 is 2.67 bits per heavy atom. The van der Waals surface area contributed by atoms with Crippen molar-refractivity contribution in [1.29, 1.82) is 0 Å². The fourth-order valence-electron chi connectivity index (χ4n) is 4.65. The van der Waals surface area contributed by atoms with Crippen LogP contribution in [-0.4, -0.2) is 11.2 Å². The molecule has 150 valence electrons. The van der Waals surface area contributed by atoms with Crippen LogP contribution in [0.5, 0.6) is 11.5 Å². The molecule has 1 aromatic carbocycles. The van der Waals surface area contributed by atoms with Crippen LogP contribution in [0.2, 0.25) is 0 Å². The maximum Gasteiger partial charge on any atom is 0.401 e. The molecule has 27 heavy (non-hydrogen) atoms. The number of phenols is 1. The van der Waals surface area contributed by atoms with Gasteiger partial charge in [0, 0.05) is 11.5 Å². The molecule has 3 rings (SSSR count). The summed E-state index contributed by atoms with van der Waals surface area (Å²) in [6.07, 6.45) is 5.40. The van der Waals surface area contributed by atoms with Crippen LogP contribution >= 0.6 is 0 Å². The summed E-state index contributed by atoms with van der Waals surface area (Å²) in [5, 5.41) is 10.8. The van der Waals surface area contributed by atoms with Gasteiger partial charge in [0.2, 0.25) is 0 Å². The number of hydrogen-bond donors (Lipinski definition) is 1. The molecule has 0 aromatic heterocycles. The Balaban J connectivity index is 1.96. The normalized spacial score (nSPS) is 23.9.